The second-order valence-corrected chi connectivity index (χ2v) is 4.59. The maximum Gasteiger partial charge on any atom is 0.256 e. The molecule has 0 aromatic heterocycles. The van der Waals surface area contributed by atoms with E-state index < -0.39 is 0 Å². The van der Waals surface area contributed by atoms with Crippen LogP contribution in [0.3, 0.4) is 0 Å². The van der Waals surface area contributed by atoms with E-state index in [1.807, 2.05) is 0 Å². The van der Waals surface area contributed by atoms with E-state index in [1.54, 1.807) is 23.1 Å². The molecule has 0 aliphatic carbocycles. The summed E-state index contributed by atoms with van der Waals surface area (Å²) >= 11 is 5.89. The van der Waals surface area contributed by atoms with Gasteiger partial charge in [-0.15, -0.1) is 0 Å². The zero-order valence-corrected chi connectivity index (χ0v) is 10.2. The molecule has 4 nitrogen and oxygen atoms in total. The van der Waals surface area contributed by atoms with Gasteiger partial charge in [-0.25, -0.2) is 0 Å². The summed E-state index contributed by atoms with van der Waals surface area (Å²) in [5, 5.41) is 9.59. The molecule has 1 atom stereocenters. The van der Waals surface area contributed by atoms with Crippen molar-refractivity contribution in [2.24, 2.45) is 0 Å². The van der Waals surface area contributed by atoms with E-state index in [9.17, 15) is 9.90 Å². The summed E-state index contributed by atoms with van der Waals surface area (Å²) in [4.78, 5) is 13.9. The normalized spacial score (nSPS) is 19.6. The molecule has 5 heteroatoms. The average molecular weight is 255 g/mol. The van der Waals surface area contributed by atoms with Crippen molar-refractivity contribution in [2.75, 3.05) is 18.9 Å². The van der Waals surface area contributed by atoms with Crippen LogP contribution < -0.4 is 5.73 Å². The number of rotatable bonds is 2. The molecule has 1 aromatic carbocycles. The van der Waals surface area contributed by atoms with Crippen molar-refractivity contribution < 1.29 is 9.90 Å². The van der Waals surface area contributed by atoms with Crippen LogP contribution in [0.4, 0.5) is 5.69 Å². The van der Waals surface area contributed by atoms with Gasteiger partial charge in [0.15, 0.2) is 0 Å². The lowest BCUT2D eigenvalue weighted by molar-refractivity contribution is 0.0678. The summed E-state index contributed by atoms with van der Waals surface area (Å²) in [7, 11) is 0. The highest BCUT2D eigenvalue weighted by atomic mass is 35.5. The van der Waals surface area contributed by atoms with Gasteiger partial charge in [0.05, 0.1) is 28.9 Å². The third kappa shape index (κ3) is 2.23. The Kier molecular flexibility index (Phi) is 3.54. The fourth-order valence-electron chi connectivity index (χ4n) is 2.17. The van der Waals surface area contributed by atoms with Crippen molar-refractivity contribution in [1.29, 1.82) is 0 Å². The maximum atomic E-state index is 12.3. The van der Waals surface area contributed by atoms with Gasteiger partial charge in [-0.3, -0.25) is 4.79 Å². The molecule has 3 N–H and O–H groups in total. The molecule has 1 heterocycles. The monoisotopic (exact) mass is 254 g/mol. The van der Waals surface area contributed by atoms with Crippen LogP contribution in [0.25, 0.3) is 0 Å². The van der Waals surface area contributed by atoms with Crippen molar-refractivity contribution in [2.45, 2.75) is 18.9 Å². The minimum Gasteiger partial charge on any atom is -0.397 e. The average Bonchev–Trinajstić information content (AvgIpc) is 2.80. The Morgan fingerprint density at radius 1 is 1.59 bits per heavy atom. The molecular weight excluding hydrogens is 240 g/mol. The van der Waals surface area contributed by atoms with E-state index in [2.05, 4.69) is 0 Å². The standard InChI is InChI=1S/C12H15ClN2O2/c13-10-5-1-4-9(11(10)14)12(17)15-6-2-3-8(15)7-16/h1,4-5,8,16H,2-3,6-7,14H2/t8-/m1/s1. The first-order valence-electron chi connectivity index (χ1n) is 5.61. The van der Waals surface area contributed by atoms with Gasteiger partial charge < -0.3 is 15.7 Å². The number of nitrogen functional groups attached to an aromatic ring is 1. The SMILES string of the molecule is Nc1c(Cl)cccc1C(=O)N1CCC[C@@H]1CO. The van der Waals surface area contributed by atoms with Crippen LogP contribution in [0.15, 0.2) is 18.2 Å². The van der Waals surface area contributed by atoms with Gasteiger partial charge in [0, 0.05) is 6.54 Å². The number of halogens is 1. The molecule has 1 aliphatic rings. The first kappa shape index (κ1) is 12.2. The van der Waals surface area contributed by atoms with Crippen LogP contribution in [-0.4, -0.2) is 35.1 Å². The zero-order valence-electron chi connectivity index (χ0n) is 9.40. The fourth-order valence-corrected chi connectivity index (χ4v) is 2.35. The minimum absolute atomic E-state index is 0.00773. The highest BCUT2D eigenvalue weighted by Crippen LogP contribution is 2.26. The highest BCUT2D eigenvalue weighted by molar-refractivity contribution is 6.33. The number of carbonyl (C=O) groups excluding carboxylic acids is 1. The smallest absolute Gasteiger partial charge is 0.256 e. The Balaban J connectivity index is 2.28. The predicted octanol–water partition coefficient (Wildman–Crippen LogP) is 1.52. The molecule has 0 bridgehead atoms. The number of benzene rings is 1. The van der Waals surface area contributed by atoms with Crippen LogP contribution in [0.1, 0.15) is 23.2 Å². The van der Waals surface area contributed by atoms with Crippen LogP contribution in [-0.2, 0) is 0 Å². The number of amides is 1. The van der Waals surface area contributed by atoms with Gasteiger partial charge in [-0.2, -0.15) is 0 Å². The molecule has 0 radical (unpaired) electrons. The third-order valence-electron chi connectivity index (χ3n) is 3.13. The lowest BCUT2D eigenvalue weighted by Gasteiger charge is -2.23. The summed E-state index contributed by atoms with van der Waals surface area (Å²) in [5.74, 6) is -0.151. The van der Waals surface area contributed by atoms with Gasteiger partial charge in [-0.1, -0.05) is 17.7 Å². The van der Waals surface area contributed by atoms with E-state index in [-0.39, 0.29) is 18.6 Å². The Hall–Kier alpha value is -1.26. The van der Waals surface area contributed by atoms with Crippen molar-refractivity contribution in [1.82, 2.24) is 4.90 Å². The topological polar surface area (TPSA) is 66.6 Å². The van der Waals surface area contributed by atoms with Crippen LogP contribution >= 0.6 is 11.6 Å². The number of likely N-dealkylation sites (tertiary alicyclic amines) is 1. The van der Waals surface area contributed by atoms with Gasteiger partial charge in [0.25, 0.3) is 5.91 Å². The molecule has 1 aromatic rings. The summed E-state index contributed by atoms with van der Waals surface area (Å²) in [6.45, 7) is 0.655. The lowest BCUT2D eigenvalue weighted by atomic mass is 10.1. The second-order valence-electron chi connectivity index (χ2n) is 4.18. The van der Waals surface area contributed by atoms with Crippen molar-refractivity contribution >= 4 is 23.2 Å². The van der Waals surface area contributed by atoms with E-state index in [1.165, 1.54) is 0 Å². The summed E-state index contributed by atoms with van der Waals surface area (Å²) in [6, 6.07) is 4.92. The fraction of sp³-hybridized carbons (Fsp3) is 0.417. The molecule has 1 saturated heterocycles. The number of para-hydroxylation sites is 1. The summed E-state index contributed by atoms with van der Waals surface area (Å²) < 4.78 is 0. The Morgan fingerprint density at radius 2 is 2.35 bits per heavy atom. The third-order valence-corrected chi connectivity index (χ3v) is 3.46. The number of carbonyl (C=O) groups is 1. The first-order chi connectivity index (χ1) is 8.15. The maximum absolute atomic E-state index is 12.3. The predicted molar refractivity (Wildman–Crippen MR) is 67.0 cm³/mol. The molecule has 1 fully saturated rings. The largest absolute Gasteiger partial charge is 0.397 e. The van der Waals surface area contributed by atoms with E-state index >= 15 is 0 Å². The number of nitrogens with two attached hydrogens (primary N) is 1. The van der Waals surface area contributed by atoms with Gasteiger partial charge >= 0.3 is 0 Å². The molecule has 0 spiro atoms. The molecule has 17 heavy (non-hydrogen) atoms. The number of aliphatic hydroxyl groups is 1. The van der Waals surface area contributed by atoms with Gasteiger partial charge in [-0.05, 0) is 25.0 Å². The van der Waals surface area contributed by atoms with Crippen LogP contribution in [0, 0.1) is 0 Å². The van der Waals surface area contributed by atoms with Crippen molar-refractivity contribution in [3.63, 3.8) is 0 Å². The first-order valence-corrected chi connectivity index (χ1v) is 5.98. The molecular formula is C12H15ClN2O2. The van der Waals surface area contributed by atoms with E-state index in [0.29, 0.717) is 22.8 Å². The quantitative estimate of drug-likeness (QED) is 0.787. The molecule has 0 saturated carbocycles. The second kappa shape index (κ2) is 4.94. The van der Waals surface area contributed by atoms with Gasteiger partial charge in [0.1, 0.15) is 0 Å². The molecule has 92 valence electrons. The number of hydrogen-bond donors (Lipinski definition) is 2. The van der Waals surface area contributed by atoms with Crippen LogP contribution in [0.2, 0.25) is 5.02 Å². The van der Waals surface area contributed by atoms with Gasteiger partial charge in [0.2, 0.25) is 0 Å². The number of hydrogen-bond acceptors (Lipinski definition) is 3. The highest BCUT2D eigenvalue weighted by Gasteiger charge is 2.29. The molecule has 1 aliphatic heterocycles. The molecule has 1 amide bonds. The molecule has 0 unspecified atom stereocenters. The number of anilines is 1. The van der Waals surface area contributed by atoms with E-state index in [0.717, 1.165) is 12.8 Å². The Labute approximate surface area is 105 Å². The Bertz CT molecular complexity index is 437. The number of aliphatic hydroxyl groups excluding tert-OH is 1. The van der Waals surface area contributed by atoms with Crippen molar-refractivity contribution in [3.05, 3.63) is 28.8 Å². The lowest BCUT2D eigenvalue weighted by Crippen LogP contribution is -2.37. The summed E-state index contributed by atoms with van der Waals surface area (Å²) in [5.41, 5.74) is 6.52. The Morgan fingerprint density at radius 3 is 3.06 bits per heavy atom. The van der Waals surface area contributed by atoms with Crippen LogP contribution in [0.5, 0.6) is 0 Å². The molecule has 2 rings (SSSR count). The van der Waals surface area contributed by atoms with Crippen molar-refractivity contribution in [3.8, 4) is 0 Å². The number of nitrogens with zero attached hydrogens (tertiary/aromatic N) is 1. The zero-order chi connectivity index (χ0) is 12.4. The minimum atomic E-state index is -0.151. The summed E-state index contributed by atoms with van der Waals surface area (Å²) in [6.07, 6.45) is 1.75. The van der Waals surface area contributed by atoms with E-state index in [4.69, 9.17) is 17.3 Å².